The van der Waals surface area contributed by atoms with Crippen LogP contribution < -0.4 is 10.5 Å². The molecule has 3 heterocycles. The average molecular weight is 515 g/mol. The van der Waals surface area contributed by atoms with E-state index in [1.54, 1.807) is 12.1 Å². The number of aromatic nitrogens is 5. The summed E-state index contributed by atoms with van der Waals surface area (Å²) in [6.07, 6.45) is 4.37. The number of aryl methyl sites for hydroxylation is 1. The summed E-state index contributed by atoms with van der Waals surface area (Å²) in [4.78, 5) is 31.7. The summed E-state index contributed by atoms with van der Waals surface area (Å²) in [7, 11) is 0. The summed E-state index contributed by atoms with van der Waals surface area (Å²) in [5.41, 5.74) is 3.46. The monoisotopic (exact) mass is 514 g/mol. The summed E-state index contributed by atoms with van der Waals surface area (Å²) in [5, 5.41) is 24.9. The van der Waals surface area contributed by atoms with Gasteiger partial charge in [0.1, 0.15) is 6.04 Å². The largest absolute Gasteiger partial charge is 0.369 e. The number of anilines is 1. The molecule has 1 saturated carbocycles. The van der Waals surface area contributed by atoms with Crippen molar-refractivity contribution in [3.05, 3.63) is 86.0 Å². The number of H-pyrrole nitrogens is 1. The van der Waals surface area contributed by atoms with E-state index in [9.17, 15) is 14.9 Å². The Kier molecular flexibility index (Phi) is 6.36. The van der Waals surface area contributed by atoms with Crippen molar-refractivity contribution in [1.29, 1.82) is 0 Å². The first-order valence-corrected chi connectivity index (χ1v) is 13.1. The van der Waals surface area contributed by atoms with Crippen LogP contribution in [-0.4, -0.2) is 61.2 Å². The van der Waals surface area contributed by atoms with Crippen molar-refractivity contribution in [2.45, 2.75) is 44.7 Å². The van der Waals surface area contributed by atoms with Gasteiger partial charge in [0.15, 0.2) is 5.82 Å². The summed E-state index contributed by atoms with van der Waals surface area (Å²) < 4.78 is 1.94. The number of nitro groups is 1. The number of non-ortho nitro benzene ring substituents is 1. The lowest BCUT2D eigenvalue weighted by Gasteiger charge is -2.39. The first-order valence-electron chi connectivity index (χ1n) is 13.1. The van der Waals surface area contributed by atoms with Crippen LogP contribution in [0, 0.1) is 17.0 Å². The molecule has 1 N–H and O–H groups in total. The van der Waals surface area contributed by atoms with Gasteiger partial charge in [-0.25, -0.2) is 4.68 Å². The number of tetrazole rings is 1. The number of nitrogens with zero attached hydrogens (tertiary/aromatic N) is 7. The van der Waals surface area contributed by atoms with E-state index < -0.39 is 6.04 Å². The van der Waals surface area contributed by atoms with E-state index in [0.717, 1.165) is 47.8 Å². The first kappa shape index (κ1) is 24.2. The minimum absolute atomic E-state index is 0.0805. The van der Waals surface area contributed by atoms with Gasteiger partial charge in [0, 0.05) is 55.1 Å². The van der Waals surface area contributed by atoms with Crippen LogP contribution in [0.1, 0.15) is 54.7 Å². The van der Waals surface area contributed by atoms with E-state index in [1.807, 2.05) is 29.8 Å². The third-order valence-electron chi connectivity index (χ3n) is 7.86. The number of nitrogens with one attached hydrogen (secondary N) is 1. The highest BCUT2D eigenvalue weighted by Crippen LogP contribution is 2.34. The van der Waals surface area contributed by atoms with Crippen molar-refractivity contribution in [3.8, 4) is 0 Å². The van der Waals surface area contributed by atoms with Crippen molar-refractivity contribution in [3.63, 3.8) is 0 Å². The van der Waals surface area contributed by atoms with Crippen LogP contribution in [0.3, 0.4) is 0 Å². The molecule has 2 fully saturated rings. The number of piperazine rings is 1. The molecule has 0 bridgehead atoms. The SMILES string of the molecule is Cc1ccc2[nH]c(=O)c([C@H](c3nnnn3C3CCCC3)N3CCN(c4ccc([N+](=O)[O-])cc4)CC3)cc2c1. The van der Waals surface area contributed by atoms with E-state index in [2.05, 4.69) is 36.4 Å². The number of pyridine rings is 1. The Labute approximate surface area is 219 Å². The summed E-state index contributed by atoms with van der Waals surface area (Å²) in [6.45, 7) is 4.84. The van der Waals surface area contributed by atoms with Gasteiger partial charge in [-0.3, -0.25) is 19.8 Å². The highest BCUT2D eigenvalue weighted by molar-refractivity contribution is 5.79. The highest BCUT2D eigenvalue weighted by atomic mass is 16.6. The lowest BCUT2D eigenvalue weighted by molar-refractivity contribution is -0.384. The van der Waals surface area contributed by atoms with Crippen LogP contribution in [0.4, 0.5) is 11.4 Å². The fourth-order valence-electron chi connectivity index (χ4n) is 5.86. The molecule has 11 heteroatoms. The minimum atomic E-state index is -0.390. The number of nitro benzene ring substituents is 1. The van der Waals surface area contributed by atoms with Crippen molar-refractivity contribution < 1.29 is 4.92 Å². The standard InChI is InChI=1S/C27H30N8O3/c1-18-6-11-24-19(16-18)17-23(27(36)28-24)25(26-29-30-31-34(26)21-4-2-3-5-21)33-14-12-32(13-15-33)20-7-9-22(10-8-20)35(37)38/h6-11,16-17,21,25H,2-5,12-15H2,1H3,(H,28,36)/t25-/m1/s1. The van der Waals surface area contributed by atoms with Crippen LogP contribution in [0.5, 0.6) is 0 Å². The number of fused-ring (bicyclic) bond motifs is 1. The smallest absolute Gasteiger partial charge is 0.269 e. The maximum Gasteiger partial charge on any atom is 0.269 e. The fraction of sp³-hybridized carbons (Fsp3) is 0.407. The molecule has 1 aliphatic carbocycles. The van der Waals surface area contributed by atoms with Crippen LogP contribution >= 0.6 is 0 Å². The van der Waals surface area contributed by atoms with Crippen LogP contribution in [0.2, 0.25) is 0 Å². The lowest BCUT2D eigenvalue weighted by atomic mass is 10.0. The Hall–Kier alpha value is -4.12. The zero-order chi connectivity index (χ0) is 26.2. The molecule has 2 aromatic carbocycles. The molecule has 38 heavy (non-hydrogen) atoms. The number of hydrogen-bond acceptors (Lipinski definition) is 8. The van der Waals surface area contributed by atoms with Crippen LogP contribution in [0.15, 0.2) is 53.3 Å². The number of rotatable bonds is 6. The van der Waals surface area contributed by atoms with E-state index in [-0.39, 0.29) is 22.2 Å². The average Bonchev–Trinajstić information content (AvgIpc) is 3.62. The van der Waals surface area contributed by atoms with E-state index in [1.165, 1.54) is 12.1 Å². The first-order chi connectivity index (χ1) is 18.5. The van der Waals surface area contributed by atoms with Gasteiger partial charge in [-0.2, -0.15) is 0 Å². The third kappa shape index (κ3) is 4.53. The maximum absolute atomic E-state index is 13.5. The molecule has 2 aromatic heterocycles. The zero-order valence-corrected chi connectivity index (χ0v) is 21.3. The zero-order valence-electron chi connectivity index (χ0n) is 21.3. The van der Waals surface area contributed by atoms with Crippen LogP contribution in [-0.2, 0) is 0 Å². The van der Waals surface area contributed by atoms with Gasteiger partial charge < -0.3 is 9.88 Å². The molecule has 6 rings (SSSR count). The molecule has 0 unspecified atom stereocenters. The number of aromatic amines is 1. The van der Waals surface area contributed by atoms with Gasteiger partial charge in [-0.15, -0.1) is 5.10 Å². The molecule has 2 aliphatic rings. The van der Waals surface area contributed by atoms with Crippen LogP contribution in [0.25, 0.3) is 10.9 Å². The summed E-state index contributed by atoms with van der Waals surface area (Å²) in [6, 6.07) is 14.5. The molecular formula is C27H30N8O3. The van der Waals surface area contributed by atoms with Gasteiger partial charge in [0.25, 0.3) is 11.2 Å². The second kappa shape index (κ2) is 9.97. The Bertz CT molecular complexity index is 1520. The second-order valence-corrected chi connectivity index (χ2v) is 10.3. The van der Waals surface area contributed by atoms with Gasteiger partial charge in [0.2, 0.25) is 0 Å². The minimum Gasteiger partial charge on any atom is -0.369 e. The third-order valence-corrected chi connectivity index (χ3v) is 7.86. The summed E-state index contributed by atoms with van der Waals surface area (Å²) >= 11 is 0. The van der Waals surface area contributed by atoms with Gasteiger partial charge >= 0.3 is 0 Å². The molecule has 0 radical (unpaired) electrons. The molecule has 196 valence electrons. The number of hydrogen-bond donors (Lipinski definition) is 1. The van der Waals surface area contributed by atoms with Gasteiger partial charge in [-0.05, 0) is 65.9 Å². The summed E-state index contributed by atoms with van der Waals surface area (Å²) in [5.74, 6) is 0.707. The maximum atomic E-state index is 13.5. The highest BCUT2D eigenvalue weighted by Gasteiger charge is 2.34. The topological polar surface area (TPSA) is 126 Å². The fourth-order valence-corrected chi connectivity index (χ4v) is 5.86. The van der Waals surface area contributed by atoms with Gasteiger partial charge in [-0.1, -0.05) is 24.5 Å². The predicted molar refractivity (Wildman–Crippen MR) is 143 cm³/mol. The van der Waals surface area contributed by atoms with E-state index >= 15 is 0 Å². The Balaban J connectivity index is 1.35. The lowest BCUT2D eigenvalue weighted by Crippen LogP contribution is -2.49. The van der Waals surface area contributed by atoms with E-state index in [0.29, 0.717) is 37.6 Å². The van der Waals surface area contributed by atoms with Crippen molar-refractivity contribution >= 4 is 22.3 Å². The molecule has 0 spiro atoms. The molecule has 1 atom stereocenters. The quantitative estimate of drug-likeness (QED) is 0.304. The Morgan fingerprint density at radius 3 is 2.47 bits per heavy atom. The molecule has 0 amide bonds. The Morgan fingerprint density at radius 1 is 1.03 bits per heavy atom. The Morgan fingerprint density at radius 2 is 1.76 bits per heavy atom. The van der Waals surface area contributed by atoms with Crippen molar-refractivity contribution in [2.75, 3.05) is 31.1 Å². The molecular weight excluding hydrogens is 484 g/mol. The molecule has 1 aliphatic heterocycles. The predicted octanol–water partition coefficient (Wildman–Crippen LogP) is 3.76. The number of benzene rings is 2. The van der Waals surface area contributed by atoms with E-state index in [4.69, 9.17) is 0 Å². The molecule has 4 aromatic rings. The van der Waals surface area contributed by atoms with Crippen molar-refractivity contribution in [2.24, 2.45) is 0 Å². The normalized spacial score (nSPS) is 17.8. The molecule has 11 nitrogen and oxygen atoms in total. The van der Waals surface area contributed by atoms with Gasteiger partial charge in [0.05, 0.1) is 11.0 Å². The van der Waals surface area contributed by atoms with Crippen molar-refractivity contribution in [1.82, 2.24) is 30.1 Å². The molecule has 1 saturated heterocycles. The second-order valence-electron chi connectivity index (χ2n) is 10.3.